The third kappa shape index (κ3) is 3.74. The maximum absolute atomic E-state index is 12.0. The van der Waals surface area contributed by atoms with Gasteiger partial charge in [-0.1, -0.05) is 36.4 Å². The summed E-state index contributed by atoms with van der Waals surface area (Å²) < 4.78 is 5.04. The fourth-order valence-electron chi connectivity index (χ4n) is 2.38. The van der Waals surface area contributed by atoms with Crippen LogP contribution in [-0.4, -0.2) is 18.5 Å². The van der Waals surface area contributed by atoms with Crippen LogP contribution in [0.15, 0.2) is 47.8 Å². The van der Waals surface area contributed by atoms with Crippen molar-refractivity contribution in [1.82, 2.24) is 5.32 Å². The molecule has 0 bridgehead atoms. The molecule has 1 heterocycles. The Hall–Kier alpha value is -2.14. The highest BCUT2D eigenvalue weighted by Gasteiger charge is 2.33. The Morgan fingerprint density at radius 2 is 1.95 bits per heavy atom. The summed E-state index contributed by atoms with van der Waals surface area (Å²) in [6, 6.07) is 13.4. The average Bonchev–Trinajstić information content (AvgIpc) is 3.24. The Kier molecular flexibility index (Phi) is 4.53. The zero-order valence-corrected chi connectivity index (χ0v) is 12.8. The predicted octanol–water partition coefficient (Wildman–Crippen LogP) is 3.17. The van der Waals surface area contributed by atoms with Crippen molar-refractivity contribution in [1.29, 1.82) is 0 Å². The second-order valence-corrected chi connectivity index (χ2v) is 6.29. The first-order valence-electron chi connectivity index (χ1n) is 7.29. The van der Waals surface area contributed by atoms with Gasteiger partial charge >= 0.3 is 5.97 Å². The van der Waals surface area contributed by atoms with E-state index in [0.717, 1.165) is 18.4 Å². The third-order valence-electron chi connectivity index (χ3n) is 3.63. The number of thiophene rings is 1. The van der Waals surface area contributed by atoms with Gasteiger partial charge in [-0.25, -0.2) is 4.79 Å². The number of amides is 1. The van der Waals surface area contributed by atoms with Gasteiger partial charge in [0.05, 0.1) is 6.04 Å². The van der Waals surface area contributed by atoms with E-state index in [9.17, 15) is 9.59 Å². The number of carbonyl (C=O) groups excluding carboxylic acids is 2. The molecule has 0 spiro atoms. The standard InChI is InChI=1S/C17H17NO3S/c19-15(11-21-17(20)14-7-4-10-22-14)18-16(13-8-9-13)12-5-2-1-3-6-12/h1-7,10,13,16H,8-9,11H2,(H,18,19)/t16-/m0/s1. The van der Waals surface area contributed by atoms with Crippen molar-refractivity contribution in [3.8, 4) is 0 Å². The van der Waals surface area contributed by atoms with Crippen molar-refractivity contribution < 1.29 is 14.3 Å². The lowest BCUT2D eigenvalue weighted by molar-refractivity contribution is -0.125. The minimum Gasteiger partial charge on any atom is -0.451 e. The van der Waals surface area contributed by atoms with Gasteiger partial charge in [0.15, 0.2) is 6.61 Å². The van der Waals surface area contributed by atoms with Gasteiger partial charge in [-0.3, -0.25) is 4.79 Å². The molecule has 1 fully saturated rings. The molecular weight excluding hydrogens is 298 g/mol. The summed E-state index contributed by atoms with van der Waals surface area (Å²) in [7, 11) is 0. The Bertz CT molecular complexity index is 635. The number of benzene rings is 1. The number of carbonyl (C=O) groups is 2. The molecule has 1 N–H and O–H groups in total. The van der Waals surface area contributed by atoms with Crippen LogP contribution in [0, 0.1) is 5.92 Å². The van der Waals surface area contributed by atoms with Crippen molar-refractivity contribution >= 4 is 23.2 Å². The zero-order chi connectivity index (χ0) is 15.4. The van der Waals surface area contributed by atoms with E-state index < -0.39 is 5.97 Å². The van der Waals surface area contributed by atoms with Gasteiger partial charge in [0.25, 0.3) is 5.91 Å². The normalized spacial score (nSPS) is 15.1. The van der Waals surface area contributed by atoms with Crippen LogP contribution >= 0.6 is 11.3 Å². The largest absolute Gasteiger partial charge is 0.451 e. The maximum Gasteiger partial charge on any atom is 0.348 e. The molecule has 22 heavy (non-hydrogen) atoms. The summed E-state index contributed by atoms with van der Waals surface area (Å²) in [5.74, 6) is -0.224. The summed E-state index contributed by atoms with van der Waals surface area (Å²) in [5.41, 5.74) is 1.10. The van der Waals surface area contributed by atoms with E-state index in [4.69, 9.17) is 4.74 Å². The smallest absolute Gasteiger partial charge is 0.348 e. The van der Waals surface area contributed by atoms with Crippen LogP contribution in [0.25, 0.3) is 0 Å². The van der Waals surface area contributed by atoms with Gasteiger partial charge in [0.2, 0.25) is 0 Å². The van der Waals surface area contributed by atoms with Crippen LogP contribution in [0.1, 0.15) is 34.1 Å². The van der Waals surface area contributed by atoms with Gasteiger partial charge in [-0.2, -0.15) is 0 Å². The summed E-state index contributed by atoms with van der Waals surface area (Å²) >= 11 is 1.30. The van der Waals surface area contributed by atoms with Crippen molar-refractivity contribution in [3.63, 3.8) is 0 Å². The van der Waals surface area contributed by atoms with Crippen LogP contribution in [0.2, 0.25) is 0 Å². The zero-order valence-electron chi connectivity index (χ0n) is 12.0. The number of ether oxygens (including phenoxy) is 1. The average molecular weight is 315 g/mol. The van der Waals surface area contributed by atoms with Gasteiger partial charge in [0.1, 0.15) is 4.88 Å². The highest BCUT2D eigenvalue weighted by molar-refractivity contribution is 7.11. The Morgan fingerprint density at radius 3 is 2.59 bits per heavy atom. The Morgan fingerprint density at radius 1 is 1.18 bits per heavy atom. The summed E-state index contributed by atoms with van der Waals surface area (Å²) in [5, 5.41) is 4.78. The summed E-state index contributed by atoms with van der Waals surface area (Å²) in [6.07, 6.45) is 2.24. The molecule has 1 aliphatic rings. The second kappa shape index (κ2) is 6.75. The van der Waals surface area contributed by atoms with Gasteiger partial charge < -0.3 is 10.1 Å². The van der Waals surface area contributed by atoms with E-state index >= 15 is 0 Å². The molecule has 1 atom stereocenters. The number of hydrogen-bond donors (Lipinski definition) is 1. The summed E-state index contributed by atoms with van der Waals surface area (Å²) in [6.45, 7) is -0.243. The van der Waals surface area contributed by atoms with E-state index in [1.54, 1.807) is 17.5 Å². The molecular formula is C17H17NO3S. The van der Waals surface area contributed by atoms with E-state index in [1.165, 1.54) is 11.3 Å². The molecule has 1 saturated carbocycles. The van der Waals surface area contributed by atoms with E-state index in [2.05, 4.69) is 5.32 Å². The molecule has 5 heteroatoms. The highest BCUT2D eigenvalue weighted by Crippen LogP contribution is 2.40. The SMILES string of the molecule is O=C(COC(=O)c1cccs1)N[C@@H](c1ccccc1)C1CC1. The molecule has 0 saturated heterocycles. The topological polar surface area (TPSA) is 55.4 Å². The minimum absolute atomic E-state index is 0.00846. The predicted molar refractivity (Wildman–Crippen MR) is 84.7 cm³/mol. The lowest BCUT2D eigenvalue weighted by atomic mass is 10.0. The lowest BCUT2D eigenvalue weighted by Gasteiger charge is -2.18. The van der Waals surface area contributed by atoms with E-state index in [-0.39, 0.29) is 18.6 Å². The molecule has 114 valence electrons. The third-order valence-corrected chi connectivity index (χ3v) is 4.48. The van der Waals surface area contributed by atoms with E-state index in [1.807, 2.05) is 30.3 Å². The number of nitrogens with one attached hydrogen (secondary N) is 1. The van der Waals surface area contributed by atoms with Crippen LogP contribution in [0.3, 0.4) is 0 Å². The van der Waals surface area contributed by atoms with Crippen LogP contribution < -0.4 is 5.32 Å². The molecule has 3 rings (SSSR count). The fraction of sp³-hybridized carbons (Fsp3) is 0.294. The van der Waals surface area contributed by atoms with Gasteiger partial charge in [-0.15, -0.1) is 11.3 Å². The first kappa shape index (κ1) is 14.8. The van der Waals surface area contributed by atoms with Gasteiger partial charge in [0, 0.05) is 0 Å². The van der Waals surface area contributed by atoms with Crippen molar-refractivity contribution in [3.05, 3.63) is 58.3 Å². The fourth-order valence-corrected chi connectivity index (χ4v) is 2.99. The van der Waals surface area contributed by atoms with Crippen molar-refractivity contribution in [2.75, 3.05) is 6.61 Å². The molecule has 1 amide bonds. The van der Waals surface area contributed by atoms with E-state index in [0.29, 0.717) is 10.8 Å². The first-order chi connectivity index (χ1) is 10.7. The van der Waals surface area contributed by atoms with Crippen LogP contribution in [-0.2, 0) is 9.53 Å². The summed E-state index contributed by atoms with van der Waals surface area (Å²) in [4.78, 5) is 24.3. The Balaban J connectivity index is 1.55. The second-order valence-electron chi connectivity index (χ2n) is 5.35. The quantitative estimate of drug-likeness (QED) is 0.833. The lowest BCUT2D eigenvalue weighted by Crippen LogP contribution is -2.33. The molecule has 0 radical (unpaired) electrons. The van der Waals surface area contributed by atoms with Crippen molar-refractivity contribution in [2.45, 2.75) is 18.9 Å². The molecule has 0 unspecified atom stereocenters. The molecule has 2 aromatic rings. The molecule has 1 aromatic heterocycles. The van der Waals surface area contributed by atoms with Crippen LogP contribution in [0.5, 0.6) is 0 Å². The van der Waals surface area contributed by atoms with Crippen LogP contribution in [0.4, 0.5) is 0 Å². The van der Waals surface area contributed by atoms with Gasteiger partial charge in [-0.05, 0) is 35.8 Å². The molecule has 1 aromatic carbocycles. The minimum atomic E-state index is -0.451. The molecule has 4 nitrogen and oxygen atoms in total. The Labute approximate surface area is 133 Å². The first-order valence-corrected chi connectivity index (χ1v) is 8.17. The monoisotopic (exact) mass is 315 g/mol. The number of rotatable bonds is 6. The number of hydrogen-bond acceptors (Lipinski definition) is 4. The van der Waals surface area contributed by atoms with Crippen molar-refractivity contribution in [2.24, 2.45) is 5.92 Å². The maximum atomic E-state index is 12.0. The highest BCUT2D eigenvalue weighted by atomic mass is 32.1. The molecule has 1 aliphatic carbocycles. The molecule has 0 aliphatic heterocycles. The number of esters is 1.